The number of anilines is 1. The van der Waals surface area contributed by atoms with Gasteiger partial charge in [0.05, 0.1) is 18.7 Å². The fourth-order valence-electron chi connectivity index (χ4n) is 4.27. The van der Waals surface area contributed by atoms with Crippen LogP contribution in [0.2, 0.25) is 5.28 Å². The number of nitrogens with zero attached hydrogens (tertiary/aromatic N) is 4. The van der Waals surface area contributed by atoms with Gasteiger partial charge in [-0.1, -0.05) is 19.8 Å². The summed E-state index contributed by atoms with van der Waals surface area (Å²) < 4.78 is 47.8. The average molecular weight is 556 g/mol. The highest BCUT2D eigenvalue weighted by Crippen LogP contribution is 2.45. The van der Waals surface area contributed by atoms with Crippen molar-refractivity contribution in [1.29, 1.82) is 0 Å². The number of fused-ring (bicyclic) bond motifs is 1. The predicted octanol–water partition coefficient (Wildman–Crippen LogP) is 0.366. The van der Waals surface area contributed by atoms with Gasteiger partial charge >= 0.3 is 7.60 Å². The quantitative estimate of drug-likeness (QED) is 0.209. The van der Waals surface area contributed by atoms with Crippen LogP contribution in [0.25, 0.3) is 11.2 Å². The molecule has 0 aromatic carbocycles. The summed E-state index contributed by atoms with van der Waals surface area (Å²) >= 11 is 6.12. The fourth-order valence-corrected chi connectivity index (χ4v) is 7.40. The van der Waals surface area contributed by atoms with Gasteiger partial charge in [-0.3, -0.25) is 9.13 Å². The lowest BCUT2D eigenvalue weighted by molar-refractivity contribution is -0.0648. The van der Waals surface area contributed by atoms with Crippen molar-refractivity contribution >= 4 is 46.0 Å². The summed E-state index contributed by atoms with van der Waals surface area (Å²) in [6, 6.07) is 0.215. The van der Waals surface area contributed by atoms with E-state index in [0.717, 1.165) is 25.7 Å². The minimum absolute atomic E-state index is 0.0677. The summed E-state index contributed by atoms with van der Waals surface area (Å²) in [6.07, 6.45) is -0.118. The Bertz CT molecular complexity index is 1220. The van der Waals surface area contributed by atoms with Crippen molar-refractivity contribution < 1.29 is 42.5 Å². The lowest BCUT2D eigenvalue weighted by Crippen LogP contribution is -2.36. The largest absolute Gasteiger partial charge is 0.387 e. The Morgan fingerprint density at radius 2 is 1.97 bits per heavy atom. The second-order valence-electron chi connectivity index (χ2n) is 8.52. The van der Waals surface area contributed by atoms with Crippen LogP contribution in [-0.4, -0.2) is 89.8 Å². The first kappa shape index (κ1) is 26.6. The summed E-state index contributed by atoms with van der Waals surface area (Å²) in [4.78, 5) is 31.5. The number of sulfone groups is 1. The average Bonchev–Trinajstić information content (AvgIpc) is 3.49. The Morgan fingerprint density at radius 3 is 2.60 bits per heavy atom. The summed E-state index contributed by atoms with van der Waals surface area (Å²) in [7, 11) is -9.47. The van der Waals surface area contributed by atoms with Crippen molar-refractivity contribution in [3.8, 4) is 0 Å². The molecule has 3 heterocycles. The molecule has 196 valence electrons. The molecule has 5 N–H and O–H groups in total. The molecular weight excluding hydrogens is 529 g/mol. The van der Waals surface area contributed by atoms with Crippen LogP contribution in [0.3, 0.4) is 0 Å². The molecule has 2 aromatic heterocycles. The van der Waals surface area contributed by atoms with Crippen molar-refractivity contribution in [2.75, 3.05) is 17.7 Å². The molecule has 0 amide bonds. The standard InChI is InChI=1S/C18H27ClN5O9PS/c1-2-35(30,31)18(34(27,28)29)32-7-10-12(25)13(26)16(33-10)24-8-20-11-14(21-9-5-3-4-6-9)22-17(19)23-15(11)24/h8-10,12-13,16,18,25-26H,2-7H2,1H3,(H,21,22,23)(H2,27,28,29)/t10-,12-,13-,16-,18?/m1/s1. The number of nitrogens with one attached hydrogen (secondary N) is 1. The molecule has 1 aliphatic carbocycles. The molecule has 2 aromatic rings. The van der Waals surface area contributed by atoms with E-state index in [1.807, 2.05) is 0 Å². The molecular formula is C18H27ClN5O9PS. The van der Waals surface area contributed by atoms with Crippen LogP contribution in [0, 0.1) is 0 Å². The van der Waals surface area contributed by atoms with Crippen LogP contribution in [0.4, 0.5) is 5.82 Å². The summed E-state index contributed by atoms with van der Waals surface area (Å²) in [5.41, 5.74) is 0.604. The Labute approximate surface area is 205 Å². The molecule has 17 heteroatoms. The normalized spacial score (nSPS) is 27.0. The van der Waals surface area contributed by atoms with Gasteiger partial charge in [-0.25, -0.2) is 13.4 Å². The Kier molecular flexibility index (Phi) is 7.72. The number of aromatic nitrogens is 4. The second-order valence-corrected chi connectivity index (χ2v) is 13.2. The zero-order valence-corrected chi connectivity index (χ0v) is 21.1. The van der Waals surface area contributed by atoms with Crippen molar-refractivity contribution in [3.63, 3.8) is 0 Å². The summed E-state index contributed by atoms with van der Waals surface area (Å²) in [5, 5.41) is 21.9. The molecule has 14 nitrogen and oxygen atoms in total. The van der Waals surface area contributed by atoms with E-state index in [1.165, 1.54) is 17.8 Å². The predicted molar refractivity (Wildman–Crippen MR) is 123 cm³/mol. The Balaban J connectivity index is 1.56. The van der Waals surface area contributed by atoms with Crippen LogP contribution >= 0.6 is 19.2 Å². The monoisotopic (exact) mass is 555 g/mol. The molecule has 5 atom stereocenters. The van der Waals surface area contributed by atoms with E-state index in [4.69, 9.17) is 21.1 Å². The van der Waals surface area contributed by atoms with E-state index in [1.54, 1.807) is 0 Å². The van der Waals surface area contributed by atoms with Crippen molar-refractivity contribution in [2.45, 2.75) is 68.4 Å². The van der Waals surface area contributed by atoms with Gasteiger partial charge in [-0.15, -0.1) is 0 Å². The second kappa shape index (κ2) is 10.1. The van der Waals surface area contributed by atoms with Gasteiger partial charge in [0.2, 0.25) is 5.28 Å². The molecule has 2 fully saturated rings. The number of ether oxygens (including phenoxy) is 2. The SMILES string of the molecule is CCS(=O)(=O)C(OC[C@H]1O[C@@H](n2cnc3c(NC4CCCC4)nc(Cl)nc32)[C@H](O)[C@@H]1O)P(=O)(O)O. The van der Waals surface area contributed by atoms with Gasteiger partial charge in [0.15, 0.2) is 33.0 Å². The van der Waals surface area contributed by atoms with E-state index in [0.29, 0.717) is 11.3 Å². The van der Waals surface area contributed by atoms with Crippen LogP contribution in [0.15, 0.2) is 6.33 Å². The number of aliphatic hydroxyl groups excluding tert-OH is 2. The van der Waals surface area contributed by atoms with E-state index in [-0.39, 0.29) is 17.0 Å². The molecule has 1 aliphatic heterocycles. The van der Waals surface area contributed by atoms with Crippen molar-refractivity contribution in [2.24, 2.45) is 0 Å². The Hall–Kier alpha value is -1.42. The molecule has 1 saturated carbocycles. The minimum Gasteiger partial charge on any atom is -0.387 e. The first-order chi connectivity index (χ1) is 16.4. The zero-order valence-electron chi connectivity index (χ0n) is 18.6. The van der Waals surface area contributed by atoms with E-state index in [2.05, 4.69) is 20.3 Å². The first-order valence-corrected chi connectivity index (χ1v) is 14.8. The van der Waals surface area contributed by atoms with Crippen LogP contribution in [-0.2, 0) is 23.9 Å². The van der Waals surface area contributed by atoms with Crippen LogP contribution < -0.4 is 5.32 Å². The maximum absolute atomic E-state index is 12.1. The van der Waals surface area contributed by atoms with Crippen LogP contribution in [0.1, 0.15) is 38.8 Å². The van der Waals surface area contributed by atoms with Gasteiger partial charge in [0.25, 0.3) is 5.18 Å². The van der Waals surface area contributed by atoms with Gasteiger partial charge in [-0.05, 0) is 24.4 Å². The zero-order chi connectivity index (χ0) is 25.5. The summed E-state index contributed by atoms with van der Waals surface area (Å²) in [5.74, 6) is -0.145. The highest BCUT2D eigenvalue weighted by atomic mass is 35.5. The third-order valence-electron chi connectivity index (χ3n) is 6.09. The summed E-state index contributed by atoms with van der Waals surface area (Å²) in [6.45, 7) is 0.510. The maximum Gasteiger partial charge on any atom is 0.369 e. The number of aliphatic hydroxyl groups is 2. The highest BCUT2D eigenvalue weighted by molar-refractivity contribution is 7.98. The molecule has 35 heavy (non-hydrogen) atoms. The fraction of sp³-hybridized carbons (Fsp3) is 0.722. The molecule has 4 rings (SSSR count). The molecule has 1 saturated heterocycles. The number of rotatable bonds is 9. The Morgan fingerprint density at radius 1 is 1.29 bits per heavy atom. The molecule has 0 spiro atoms. The van der Waals surface area contributed by atoms with Crippen molar-refractivity contribution in [1.82, 2.24) is 19.5 Å². The number of imidazole rings is 1. The van der Waals surface area contributed by atoms with Crippen LogP contribution in [0.5, 0.6) is 0 Å². The minimum atomic E-state index is -5.19. The molecule has 0 bridgehead atoms. The lowest BCUT2D eigenvalue weighted by Gasteiger charge is -2.21. The third kappa shape index (κ3) is 5.48. The number of hydrogen-bond donors (Lipinski definition) is 5. The van der Waals surface area contributed by atoms with E-state index >= 15 is 0 Å². The third-order valence-corrected chi connectivity index (χ3v) is 10.3. The van der Waals surface area contributed by atoms with E-state index in [9.17, 15) is 33.0 Å². The topological polar surface area (TPSA) is 206 Å². The first-order valence-electron chi connectivity index (χ1n) is 11.0. The molecule has 2 aliphatic rings. The van der Waals surface area contributed by atoms with Gasteiger partial charge < -0.3 is 34.8 Å². The van der Waals surface area contributed by atoms with Gasteiger partial charge in [0.1, 0.15) is 18.3 Å². The lowest BCUT2D eigenvalue weighted by atomic mass is 10.1. The number of hydrogen-bond acceptors (Lipinski definition) is 11. The van der Waals surface area contributed by atoms with Gasteiger partial charge in [0, 0.05) is 6.04 Å². The van der Waals surface area contributed by atoms with Crippen molar-refractivity contribution in [3.05, 3.63) is 11.6 Å². The maximum atomic E-state index is 12.1. The highest BCUT2D eigenvalue weighted by Gasteiger charge is 2.47. The molecule has 1 unspecified atom stereocenters. The number of halogens is 1. The van der Waals surface area contributed by atoms with Gasteiger partial charge in [-0.2, -0.15) is 9.97 Å². The smallest absolute Gasteiger partial charge is 0.369 e. The molecule has 0 radical (unpaired) electrons. The van der Waals surface area contributed by atoms with E-state index < -0.39 is 59.5 Å².